The van der Waals surface area contributed by atoms with Gasteiger partial charge in [0.15, 0.2) is 11.3 Å². The predicted molar refractivity (Wildman–Crippen MR) is 332 cm³/mol. The van der Waals surface area contributed by atoms with Crippen LogP contribution in [0.4, 0.5) is 41.0 Å². The van der Waals surface area contributed by atoms with Crippen LogP contribution in [0.25, 0.3) is 11.3 Å². The number of rotatable bonds is 11. The van der Waals surface area contributed by atoms with Crippen LogP contribution in [0.3, 0.4) is 0 Å². The highest BCUT2D eigenvalue weighted by Gasteiger charge is 2.39. The zero-order valence-corrected chi connectivity index (χ0v) is 51.5. The van der Waals surface area contributed by atoms with Gasteiger partial charge >= 0.3 is 18.2 Å². The molecule has 3 amide bonds. The monoisotopic (exact) mass is 1310 g/mol. The standard InChI is InChI=1S/C29H38ClN7O5S.C24H30ClN7O3S.C2HF3O2.2CH4/c1-18-16-37-25(32-26(18)35-13-11-20(17-35)31-28(39)42-29(2,3)4)15-23(33-37)24-8-6-7-12-36(24)27(38)21-14-19(30)9-10-22(21)34-43(5,40)41;1-15-13-32-22(27-23(15)30-10-8-17(26)14-30)12-20(28-32)21-5-3-4-9-31(21)24(33)18-11-16(25)6-7-19(18)29-36(2,34)35;3-2(4,5)1(6)7;;/h9-10,14-16,20,24,34H,6-8,11-13,17H2,1-5H3,(H,31,39);6-7,11-13,17,21,29H,3-5,8-10,14,26H2,1-2H3;(H,6,7);2*1H4/t20-,24-;17-,21-;;;/m00.../s1. The molecule has 0 unspecified atom stereocenters. The lowest BCUT2D eigenvalue weighted by Crippen LogP contribution is -2.40. The lowest BCUT2D eigenvalue weighted by Gasteiger charge is -2.35. The zero-order valence-electron chi connectivity index (χ0n) is 48.4. The minimum Gasteiger partial charge on any atom is -0.475 e. The predicted octanol–water partition coefficient (Wildman–Crippen LogP) is 9.41. The van der Waals surface area contributed by atoms with Crippen LogP contribution in [0.15, 0.2) is 60.9 Å². The summed E-state index contributed by atoms with van der Waals surface area (Å²) in [6.07, 6.45) is 7.18. The molecule has 24 nitrogen and oxygen atoms in total. The molecule has 4 saturated heterocycles. The molecule has 31 heteroatoms. The molecular formula is C57H77Cl2F3N14O10S2. The number of nitrogens with two attached hydrogens (primary N) is 1. The fourth-order valence-corrected chi connectivity index (χ4v) is 12.3. The quantitative estimate of drug-likeness (QED) is 0.0806. The third kappa shape index (κ3) is 17.8. The minimum atomic E-state index is -5.08. The smallest absolute Gasteiger partial charge is 0.475 e. The van der Waals surface area contributed by atoms with Gasteiger partial charge in [-0.25, -0.2) is 45.4 Å². The van der Waals surface area contributed by atoms with E-state index in [2.05, 4.69) is 24.6 Å². The first-order valence-corrected chi connectivity index (χ1v) is 32.2. The van der Waals surface area contributed by atoms with E-state index in [-0.39, 0.29) is 73.3 Å². The Morgan fingerprint density at radius 3 is 1.47 bits per heavy atom. The maximum atomic E-state index is 13.9. The number of aryl methyl sites for hydroxylation is 2. The Balaban J connectivity index is 0.000000251. The Morgan fingerprint density at radius 1 is 0.659 bits per heavy atom. The van der Waals surface area contributed by atoms with Crippen molar-refractivity contribution in [2.45, 2.75) is 137 Å². The van der Waals surface area contributed by atoms with Crippen molar-refractivity contribution in [3.8, 4) is 0 Å². The first-order chi connectivity index (χ1) is 40.2. The van der Waals surface area contributed by atoms with E-state index in [0.29, 0.717) is 53.1 Å². The molecule has 0 aliphatic carbocycles. The molecule has 4 aliphatic heterocycles. The number of aromatic nitrogens is 6. The fourth-order valence-electron chi connectivity index (χ4n) is 10.8. The van der Waals surface area contributed by atoms with Crippen LogP contribution >= 0.6 is 23.2 Å². The van der Waals surface area contributed by atoms with Gasteiger partial charge in [-0.05, 0) is 122 Å². The Labute approximate surface area is 520 Å². The molecular weight excluding hydrogens is 1230 g/mol. The van der Waals surface area contributed by atoms with Crippen LogP contribution < -0.4 is 30.3 Å². The van der Waals surface area contributed by atoms with Crippen LogP contribution in [-0.4, -0.2) is 160 Å². The normalized spacial score (nSPS) is 18.9. The van der Waals surface area contributed by atoms with Gasteiger partial charge in [0.2, 0.25) is 20.0 Å². The summed E-state index contributed by atoms with van der Waals surface area (Å²) in [6.45, 7) is 13.5. The van der Waals surface area contributed by atoms with Gasteiger partial charge in [-0.3, -0.25) is 19.0 Å². The number of halogens is 5. The van der Waals surface area contributed by atoms with Crippen molar-refractivity contribution >= 4 is 101 Å². The van der Waals surface area contributed by atoms with E-state index in [1.54, 1.807) is 31.0 Å². The van der Waals surface area contributed by atoms with Crippen molar-refractivity contribution in [1.82, 2.24) is 44.3 Å². The van der Waals surface area contributed by atoms with Crippen LogP contribution in [0.5, 0.6) is 0 Å². The number of piperidine rings is 2. The highest BCUT2D eigenvalue weighted by Crippen LogP contribution is 2.37. The third-order valence-electron chi connectivity index (χ3n) is 14.4. The van der Waals surface area contributed by atoms with Crippen LogP contribution in [0.2, 0.25) is 10.0 Å². The number of hydrogen-bond donors (Lipinski definition) is 5. The number of anilines is 4. The molecule has 482 valence electrons. The average molecular weight is 1310 g/mol. The maximum Gasteiger partial charge on any atom is 0.490 e. The number of carbonyl (C=O) groups excluding carboxylic acids is 3. The second-order valence-corrected chi connectivity index (χ2v) is 27.1. The number of ether oxygens (including phenoxy) is 1. The number of alkyl carbamates (subject to hydrolysis) is 1. The molecule has 8 heterocycles. The number of carboxylic acid groups (broad SMARTS) is 1. The number of sulfonamides is 2. The molecule has 6 N–H and O–H groups in total. The minimum absolute atomic E-state index is 0. The number of likely N-dealkylation sites (tertiary alicyclic amines) is 2. The van der Waals surface area contributed by atoms with Crippen molar-refractivity contribution in [2.24, 2.45) is 5.73 Å². The number of aliphatic carboxylic acids is 1. The summed E-state index contributed by atoms with van der Waals surface area (Å²) in [5.41, 5.74) is 11.1. The first kappa shape index (κ1) is 69.9. The van der Waals surface area contributed by atoms with Crippen molar-refractivity contribution < 1.29 is 59.0 Å². The van der Waals surface area contributed by atoms with E-state index in [4.69, 9.17) is 63.7 Å². The van der Waals surface area contributed by atoms with Gasteiger partial charge in [0.25, 0.3) is 11.8 Å². The molecule has 88 heavy (non-hydrogen) atoms. The molecule has 4 aromatic heterocycles. The topological polar surface area (TPSA) is 301 Å². The highest BCUT2D eigenvalue weighted by atomic mass is 35.5. The second kappa shape index (κ2) is 28.1. The number of carbonyl (C=O) groups is 4. The van der Waals surface area contributed by atoms with Crippen molar-refractivity contribution in [2.75, 3.05) is 71.0 Å². The zero-order chi connectivity index (χ0) is 62.8. The van der Waals surface area contributed by atoms with E-state index in [1.165, 1.54) is 24.3 Å². The van der Waals surface area contributed by atoms with Gasteiger partial charge in [-0.1, -0.05) is 38.1 Å². The summed E-state index contributed by atoms with van der Waals surface area (Å²) in [5.74, 6) is -1.64. The molecule has 10 rings (SSSR count). The summed E-state index contributed by atoms with van der Waals surface area (Å²) in [6, 6.07) is 12.5. The molecule has 0 spiro atoms. The van der Waals surface area contributed by atoms with E-state index in [1.807, 2.05) is 59.1 Å². The van der Waals surface area contributed by atoms with Crippen molar-refractivity contribution in [1.29, 1.82) is 0 Å². The van der Waals surface area contributed by atoms with Crippen LogP contribution in [0, 0.1) is 13.8 Å². The van der Waals surface area contributed by atoms with E-state index in [9.17, 15) is 44.4 Å². The molecule has 4 atom stereocenters. The number of nitrogens with zero attached hydrogens (tertiary/aromatic N) is 10. The summed E-state index contributed by atoms with van der Waals surface area (Å²) in [4.78, 5) is 66.4. The lowest BCUT2D eigenvalue weighted by molar-refractivity contribution is -0.192. The van der Waals surface area contributed by atoms with E-state index >= 15 is 0 Å². The van der Waals surface area contributed by atoms with Gasteiger partial charge in [0.1, 0.15) is 17.2 Å². The number of carboxylic acids is 1. The molecule has 6 aromatic rings. The molecule has 0 saturated carbocycles. The summed E-state index contributed by atoms with van der Waals surface area (Å²) in [7, 11) is -7.19. The first-order valence-electron chi connectivity index (χ1n) is 27.7. The fraction of sp³-hybridized carbons (Fsp3) is 0.509. The number of benzene rings is 2. The van der Waals surface area contributed by atoms with Crippen molar-refractivity contribution in [3.63, 3.8) is 0 Å². The number of hydrogen-bond acceptors (Lipinski definition) is 16. The second-order valence-electron chi connectivity index (χ2n) is 22.8. The maximum absolute atomic E-state index is 13.9. The van der Waals surface area contributed by atoms with Crippen molar-refractivity contribution in [3.05, 3.63) is 105 Å². The Kier molecular flexibility index (Phi) is 22.3. The Bertz CT molecular complexity index is 3770. The Morgan fingerprint density at radius 2 is 1.08 bits per heavy atom. The lowest BCUT2D eigenvalue weighted by atomic mass is 9.98. The number of fused-ring (bicyclic) bond motifs is 2. The average Bonchev–Trinajstić information content (AvgIpc) is 1.61. The molecule has 0 radical (unpaired) electrons. The number of nitrogens with one attached hydrogen (secondary N) is 3. The molecule has 4 fully saturated rings. The third-order valence-corrected chi connectivity index (χ3v) is 16.1. The van der Waals surface area contributed by atoms with Gasteiger partial charge in [0.05, 0.1) is 64.5 Å². The van der Waals surface area contributed by atoms with E-state index < -0.39 is 43.9 Å². The largest absolute Gasteiger partial charge is 0.490 e. The van der Waals surface area contributed by atoms with Crippen LogP contribution in [-0.2, 0) is 29.6 Å². The molecule has 2 aromatic carbocycles. The van der Waals surface area contributed by atoms with Gasteiger partial charge in [0, 0.05) is 91.0 Å². The van der Waals surface area contributed by atoms with Gasteiger partial charge < -0.3 is 40.5 Å². The summed E-state index contributed by atoms with van der Waals surface area (Å²) in [5, 5.41) is 20.4. The molecule has 0 bridgehead atoms. The Hall–Kier alpha value is -7.21. The number of alkyl halides is 3. The molecule has 4 aliphatic rings. The van der Waals surface area contributed by atoms with Gasteiger partial charge in [-0.15, -0.1) is 0 Å². The van der Waals surface area contributed by atoms with E-state index in [0.717, 1.165) is 106 Å². The summed E-state index contributed by atoms with van der Waals surface area (Å²) >= 11 is 12.4. The van der Waals surface area contributed by atoms with Crippen LogP contribution in [0.1, 0.15) is 142 Å². The summed E-state index contributed by atoms with van der Waals surface area (Å²) < 4.78 is 93.2. The highest BCUT2D eigenvalue weighted by molar-refractivity contribution is 7.92. The number of amides is 3. The van der Waals surface area contributed by atoms with Gasteiger partial charge in [-0.2, -0.15) is 23.4 Å². The SMILES string of the molecule is C.C.Cc1cn2nc([C@@H]3CCCCN3C(=O)c3cc(Cl)ccc3NS(C)(=O)=O)cc2nc1N1CC[C@H](N)C1.Cc1cn2nc([C@@H]3CCCCN3C(=O)c3cc(Cl)ccc3NS(C)(=O)=O)cc2nc1N1CC[C@H](NC(=O)OC(C)(C)C)C1.O=C(O)C(F)(F)F.